The van der Waals surface area contributed by atoms with Crippen LogP contribution < -0.4 is 5.56 Å². The molecule has 7 nitrogen and oxygen atoms in total. The van der Waals surface area contributed by atoms with Crippen molar-refractivity contribution in [3.8, 4) is 0 Å². The maximum absolute atomic E-state index is 12.6. The number of carbonyl (C=O) groups is 2. The molecule has 3 rings (SSSR count). The average molecular weight is 332 g/mol. The van der Waals surface area contributed by atoms with E-state index in [-0.39, 0.29) is 28.4 Å². The number of hydrogen-bond acceptors (Lipinski definition) is 4. The summed E-state index contributed by atoms with van der Waals surface area (Å²) in [7, 11) is 0. The van der Waals surface area contributed by atoms with Gasteiger partial charge in [-0.15, -0.1) is 0 Å². The van der Waals surface area contributed by atoms with Crippen LogP contribution in [0.2, 0.25) is 0 Å². The van der Waals surface area contributed by atoms with Gasteiger partial charge in [-0.3, -0.25) is 14.4 Å². The average Bonchev–Trinajstić information content (AvgIpc) is 2.57. The number of nitrogens with one attached hydrogen (secondary N) is 1. The van der Waals surface area contributed by atoms with E-state index in [4.69, 9.17) is 0 Å². The molecule has 0 atom stereocenters. The molecule has 1 N–H and O–H groups in total. The van der Waals surface area contributed by atoms with Crippen molar-refractivity contribution in [1.29, 1.82) is 0 Å². The van der Waals surface area contributed by atoms with Crippen LogP contribution in [0.5, 0.6) is 0 Å². The van der Waals surface area contributed by atoms with Crippen LogP contribution in [0.3, 0.4) is 0 Å². The van der Waals surface area contributed by atoms with E-state index >= 15 is 0 Å². The number of nitrogens with zero attached hydrogens (tertiary/aromatic N) is 3. The van der Waals surface area contributed by atoms with Crippen LogP contribution in [0.25, 0.3) is 0 Å². The van der Waals surface area contributed by atoms with Gasteiger partial charge in [0, 0.05) is 38.8 Å². The number of piperidine rings is 2. The summed E-state index contributed by atoms with van der Waals surface area (Å²) in [6.07, 6.45) is 4.61. The van der Waals surface area contributed by atoms with Gasteiger partial charge in [0.05, 0.1) is 0 Å². The van der Waals surface area contributed by atoms with Crippen LogP contribution in [-0.4, -0.2) is 57.8 Å². The van der Waals surface area contributed by atoms with Crippen molar-refractivity contribution < 1.29 is 9.59 Å². The second-order valence-corrected chi connectivity index (χ2v) is 6.91. The van der Waals surface area contributed by atoms with E-state index in [1.807, 2.05) is 11.8 Å². The van der Waals surface area contributed by atoms with Crippen LogP contribution in [0, 0.1) is 12.3 Å². The number of aromatic amines is 1. The second-order valence-electron chi connectivity index (χ2n) is 6.91. The van der Waals surface area contributed by atoms with Gasteiger partial charge in [0.1, 0.15) is 11.4 Å². The SMILES string of the molecule is CCN1CC2(CCC1=O)CCN(C(=O)c1cnc(C)[nH]c1=O)CC2. The molecule has 2 fully saturated rings. The molecule has 7 heteroatoms. The fourth-order valence-corrected chi connectivity index (χ4v) is 3.79. The molecule has 1 spiro atoms. The Hall–Kier alpha value is -2.18. The molecule has 130 valence electrons. The van der Waals surface area contributed by atoms with Crippen molar-refractivity contribution in [1.82, 2.24) is 19.8 Å². The third-order valence-electron chi connectivity index (χ3n) is 5.40. The first-order valence-corrected chi connectivity index (χ1v) is 8.57. The monoisotopic (exact) mass is 332 g/mol. The Bertz CT molecular complexity index is 704. The lowest BCUT2D eigenvalue weighted by atomic mass is 9.72. The predicted octanol–water partition coefficient (Wildman–Crippen LogP) is 0.943. The molecule has 0 aromatic carbocycles. The Morgan fingerprint density at radius 2 is 2.00 bits per heavy atom. The Labute approximate surface area is 141 Å². The predicted molar refractivity (Wildman–Crippen MR) is 88.7 cm³/mol. The first kappa shape index (κ1) is 16.7. The number of hydrogen-bond donors (Lipinski definition) is 1. The molecule has 3 heterocycles. The number of aryl methyl sites for hydroxylation is 1. The first-order chi connectivity index (χ1) is 11.4. The molecule has 0 radical (unpaired) electrons. The minimum Gasteiger partial charge on any atom is -0.342 e. The molecule has 2 saturated heterocycles. The lowest BCUT2D eigenvalue weighted by Crippen LogP contribution is -2.52. The maximum Gasteiger partial charge on any atom is 0.263 e. The minimum absolute atomic E-state index is 0.102. The van der Waals surface area contributed by atoms with Crippen LogP contribution in [-0.2, 0) is 4.79 Å². The van der Waals surface area contributed by atoms with Crippen molar-refractivity contribution >= 4 is 11.8 Å². The van der Waals surface area contributed by atoms with Crippen molar-refractivity contribution in [2.45, 2.75) is 39.5 Å². The van der Waals surface area contributed by atoms with Gasteiger partial charge in [-0.2, -0.15) is 0 Å². The van der Waals surface area contributed by atoms with E-state index in [0.717, 1.165) is 32.4 Å². The molecular formula is C17H24N4O3. The zero-order valence-corrected chi connectivity index (χ0v) is 14.3. The highest BCUT2D eigenvalue weighted by Crippen LogP contribution is 2.40. The second kappa shape index (κ2) is 6.37. The van der Waals surface area contributed by atoms with Gasteiger partial charge >= 0.3 is 0 Å². The number of H-pyrrole nitrogens is 1. The van der Waals surface area contributed by atoms with Gasteiger partial charge in [0.25, 0.3) is 11.5 Å². The number of aromatic nitrogens is 2. The molecule has 0 saturated carbocycles. The van der Waals surface area contributed by atoms with Crippen LogP contribution in [0.1, 0.15) is 48.8 Å². The lowest BCUT2D eigenvalue weighted by molar-refractivity contribution is -0.138. The molecule has 0 bridgehead atoms. The Morgan fingerprint density at radius 3 is 2.62 bits per heavy atom. The van der Waals surface area contributed by atoms with Crippen molar-refractivity contribution in [2.75, 3.05) is 26.2 Å². The zero-order valence-electron chi connectivity index (χ0n) is 14.3. The Morgan fingerprint density at radius 1 is 1.29 bits per heavy atom. The number of rotatable bonds is 2. The summed E-state index contributed by atoms with van der Waals surface area (Å²) < 4.78 is 0. The summed E-state index contributed by atoms with van der Waals surface area (Å²) in [6.45, 7) is 6.47. The molecule has 24 heavy (non-hydrogen) atoms. The van der Waals surface area contributed by atoms with Gasteiger partial charge in [-0.05, 0) is 38.5 Å². The van der Waals surface area contributed by atoms with E-state index in [9.17, 15) is 14.4 Å². The molecule has 0 unspecified atom stereocenters. The van der Waals surface area contributed by atoms with Gasteiger partial charge in [0.15, 0.2) is 0 Å². The normalized spacial score (nSPS) is 20.5. The highest BCUT2D eigenvalue weighted by atomic mass is 16.2. The van der Waals surface area contributed by atoms with Crippen LogP contribution >= 0.6 is 0 Å². The minimum atomic E-state index is -0.381. The van der Waals surface area contributed by atoms with Gasteiger partial charge in [-0.1, -0.05) is 0 Å². The van der Waals surface area contributed by atoms with E-state index in [0.29, 0.717) is 25.3 Å². The Kier molecular flexibility index (Phi) is 4.43. The summed E-state index contributed by atoms with van der Waals surface area (Å²) in [6, 6.07) is 0. The molecule has 0 aliphatic carbocycles. The van der Waals surface area contributed by atoms with E-state index in [1.165, 1.54) is 6.20 Å². The number of amides is 2. The third-order valence-corrected chi connectivity index (χ3v) is 5.40. The largest absolute Gasteiger partial charge is 0.342 e. The smallest absolute Gasteiger partial charge is 0.263 e. The van der Waals surface area contributed by atoms with Crippen molar-refractivity contribution in [2.24, 2.45) is 5.41 Å². The highest BCUT2D eigenvalue weighted by molar-refractivity contribution is 5.93. The molecule has 1 aromatic heterocycles. The van der Waals surface area contributed by atoms with Crippen molar-refractivity contribution in [3.05, 3.63) is 27.9 Å². The maximum atomic E-state index is 12.6. The number of likely N-dealkylation sites (tertiary alicyclic amines) is 2. The van der Waals surface area contributed by atoms with Crippen LogP contribution in [0.15, 0.2) is 11.0 Å². The molecular weight excluding hydrogens is 308 g/mol. The van der Waals surface area contributed by atoms with Gasteiger partial charge in [0.2, 0.25) is 5.91 Å². The van der Waals surface area contributed by atoms with Gasteiger partial charge in [-0.25, -0.2) is 4.98 Å². The fourth-order valence-electron chi connectivity index (χ4n) is 3.79. The van der Waals surface area contributed by atoms with E-state index in [2.05, 4.69) is 9.97 Å². The Balaban J connectivity index is 1.67. The quantitative estimate of drug-likeness (QED) is 0.873. The van der Waals surface area contributed by atoms with E-state index in [1.54, 1.807) is 11.8 Å². The van der Waals surface area contributed by atoms with Gasteiger partial charge < -0.3 is 14.8 Å². The third kappa shape index (κ3) is 3.07. The van der Waals surface area contributed by atoms with E-state index < -0.39 is 0 Å². The molecule has 2 aliphatic rings. The summed E-state index contributed by atoms with van der Waals surface area (Å²) in [5.74, 6) is 0.484. The fraction of sp³-hybridized carbons (Fsp3) is 0.647. The number of carbonyl (C=O) groups excluding carboxylic acids is 2. The summed E-state index contributed by atoms with van der Waals surface area (Å²) in [5, 5.41) is 0. The highest BCUT2D eigenvalue weighted by Gasteiger charge is 2.41. The molecule has 2 amide bonds. The molecule has 1 aromatic rings. The topological polar surface area (TPSA) is 86.4 Å². The van der Waals surface area contributed by atoms with Crippen LogP contribution in [0.4, 0.5) is 0 Å². The summed E-state index contributed by atoms with van der Waals surface area (Å²) in [4.78, 5) is 46.7. The van der Waals surface area contributed by atoms with Crippen molar-refractivity contribution in [3.63, 3.8) is 0 Å². The summed E-state index contributed by atoms with van der Waals surface area (Å²) in [5.41, 5.74) is -0.155. The zero-order chi connectivity index (χ0) is 17.3. The first-order valence-electron chi connectivity index (χ1n) is 8.57. The molecule has 2 aliphatic heterocycles. The summed E-state index contributed by atoms with van der Waals surface area (Å²) >= 11 is 0. The lowest BCUT2D eigenvalue weighted by Gasteiger charge is -2.47. The standard InChI is InChI=1S/C17H24N4O3/c1-3-20-11-17(5-4-14(20)22)6-8-21(9-7-17)16(24)13-10-18-12(2)19-15(13)23/h10H,3-9,11H2,1-2H3,(H,18,19,23).